The van der Waals surface area contributed by atoms with E-state index in [9.17, 15) is 4.79 Å². The highest BCUT2D eigenvalue weighted by Crippen LogP contribution is 2.20. The van der Waals surface area contributed by atoms with Gasteiger partial charge >= 0.3 is 0 Å². The lowest BCUT2D eigenvalue weighted by Gasteiger charge is -2.42. The van der Waals surface area contributed by atoms with E-state index in [0.717, 1.165) is 24.3 Å². The van der Waals surface area contributed by atoms with E-state index < -0.39 is 0 Å². The van der Waals surface area contributed by atoms with Crippen LogP contribution in [0.2, 0.25) is 0 Å². The molecule has 0 spiro atoms. The zero-order valence-electron chi connectivity index (χ0n) is 11.7. The fraction of sp³-hybridized carbons (Fsp3) is 0.333. The number of H-pyrrole nitrogens is 1. The SMILES string of the molecule is CN(C)C1CN(C(=O)c2cc(-c3ccccc3)n[nH]2)C1. The average Bonchev–Trinajstić information content (AvgIpc) is 2.87. The topological polar surface area (TPSA) is 52.2 Å². The Balaban J connectivity index is 1.70. The van der Waals surface area contributed by atoms with Crippen LogP contribution in [0.4, 0.5) is 0 Å². The summed E-state index contributed by atoms with van der Waals surface area (Å²) in [6.45, 7) is 1.57. The largest absolute Gasteiger partial charge is 0.334 e. The number of carbonyl (C=O) groups is 1. The first-order chi connectivity index (χ1) is 9.65. The predicted molar refractivity (Wildman–Crippen MR) is 77.4 cm³/mol. The van der Waals surface area contributed by atoms with Gasteiger partial charge in [0.2, 0.25) is 0 Å². The molecule has 5 heteroatoms. The fourth-order valence-corrected chi connectivity index (χ4v) is 2.31. The van der Waals surface area contributed by atoms with Gasteiger partial charge in [-0.15, -0.1) is 0 Å². The maximum absolute atomic E-state index is 12.3. The summed E-state index contributed by atoms with van der Waals surface area (Å²) in [6.07, 6.45) is 0. The fourth-order valence-electron chi connectivity index (χ4n) is 2.31. The number of aromatic nitrogens is 2. The molecule has 0 atom stereocenters. The van der Waals surface area contributed by atoms with Crippen LogP contribution >= 0.6 is 0 Å². The third-order valence-electron chi connectivity index (χ3n) is 3.76. The number of nitrogens with zero attached hydrogens (tertiary/aromatic N) is 3. The molecule has 1 aromatic carbocycles. The molecule has 1 N–H and O–H groups in total. The molecule has 3 rings (SSSR count). The average molecular weight is 270 g/mol. The van der Waals surface area contributed by atoms with E-state index in [1.165, 1.54) is 0 Å². The number of amides is 1. The number of likely N-dealkylation sites (tertiary alicyclic amines) is 1. The summed E-state index contributed by atoms with van der Waals surface area (Å²) in [5.41, 5.74) is 2.37. The molecule has 1 fully saturated rings. The van der Waals surface area contributed by atoms with Crippen LogP contribution in [-0.2, 0) is 0 Å². The minimum Gasteiger partial charge on any atom is -0.334 e. The lowest BCUT2D eigenvalue weighted by Crippen LogP contribution is -2.59. The van der Waals surface area contributed by atoms with E-state index >= 15 is 0 Å². The molecule has 0 radical (unpaired) electrons. The van der Waals surface area contributed by atoms with Crippen molar-refractivity contribution >= 4 is 5.91 Å². The molecule has 1 aliphatic rings. The zero-order valence-corrected chi connectivity index (χ0v) is 11.7. The van der Waals surface area contributed by atoms with Gasteiger partial charge in [0.05, 0.1) is 5.69 Å². The molecule has 1 amide bonds. The van der Waals surface area contributed by atoms with Crippen LogP contribution in [0.5, 0.6) is 0 Å². The standard InChI is InChI=1S/C15H18N4O/c1-18(2)12-9-19(10-12)15(20)14-8-13(16-17-14)11-6-4-3-5-7-11/h3-8,12H,9-10H2,1-2H3,(H,16,17). The molecule has 1 saturated heterocycles. The van der Waals surface area contributed by atoms with Gasteiger partial charge in [0, 0.05) is 24.7 Å². The van der Waals surface area contributed by atoms with Crippen molar-refractivity contribution in [1.29, 1.82) is 0 Å². The lowest BCUT2D eigenvalue weighted by atomic mass is 10.1. The molecule has 20 heavy (non-hydrogen) atoms. The second-order valence-electron chi connectivity index (χ2n) is 5.36. The predicted octanol–water partition coefficient (Wildman–Crippen LogP) is 1.46. The third kappa shape index (κ3) is 2.32. The Morgan fingerprint density at radius 2 is 2.00 bits per heavy atom. The van der Waals surface area contributed by atoms with E-state index in [1.807, 2.05) is 55.4 Å². The normalized spacial score (nSPS) is 15.4. The van der Waals surface area contributed by atoms with Crippen LogP contribution in [0.1, 0.15) is 10.5 Å². The van der Waals surface area contributed by atoms with Crippen molar-refractivity contribution in [3.05, 3.63) is 42.1 Å². The number of hydrogen-bond acceptors (Lipinski definition) is 3. The Kier molecular flexibility index (Phi) is 3.28. The van der Waals surface area contributed by atoms with Gasteiger partial charge in [-0.25, -0.2) is 0 Å². The van der Waals surface area contributed by atoms with Gasteiger partial charge in [0.15, 0.2) is 0 Å². The van der Waals surface area contributed by atoms with Gasteiger partial charge in [-0.2, -0.15) is 5.10 Å². The molecule has 104 valence electrons. The second kappa shape index (κ2) is 5.09. The van der Waals surface area contributed by atoms with Crippen LogP contribution in [0.15, 0.2) is 36.4 Å². The molecule has 2 aromatic rings. The molecule has 2 heterocycles. The van der Waals surface area contributed by atoms with Crippen molar-refractivity contribution in [3.63, 3.8) is 0 Å². The van der Waals surface area contributed by atoms with Crippen LogP contribution in [0, 0.1) is 0 Å². The van der Waals surface area contributed by atoms with Crippen molar-refractivity contribution in [2.24, 2.45) is 0 Å². The summed E-state index contributed by atoms with van der Waals surface area (Å²) in [6, 6.07) is 12.1. The van der Waals surface area contributed by atoms with Gasteiger partial charge in [-0.1, -0.05) is 30.3 Å². The number of rotatable bonds is 3. The van der Waals surface area contributed by atoms with Crippen molar-refractivity contribution in [2.75, 3.05) is 27.2 Å². The van der Waals surface area contributed by atoms with Crippen LogP contribution < -0.4 is 0 Å². The zero-order chi connectivity index (χ0) is 14.1. The summed E-state index contributed by atoms with van der Waals surface area (Å²) >= 11 is 0. The summed E-state index contributed by atoms with van der Waals surface area (Å²) in [4.78, 5) is 16.3. The maximum atomic E-state index is 12.3. The Hall–Kier alpha value is -2.14. The molecule has 1 aromatic heterocycles. The number of hydrogen-bond donors (Lipinski definition) is 1. The van der Waals surface area contributed by atoms with E-state index in [2.05, 4.69) is 15.1 Å². The van der Waals surface area contributed by atoms with Crippen LogP contribution in [0.3, 0.4) is 0 Å². The monoisotopic (exact) mass is 270 g/mol. The Bertz CT molecular complexity index is 599. The highest BCUT2D eigenvalue weighted by molar-refractivity contribution is 5.94. The first-order valence-corrected chi connectivity index (χ1v) is 6.71. The first-order valence-electron chi connectivity index (χ1n) is 6.71. The van der Waals surface area contributed by atoms with Gasteiger partial charge in [0.1, 0.15) is 5.69 Å². The number of aromatic amines is 1. The first kappa shape index (κ1) is 12.9. The molecular formula is C15H18N4O. The highest BCUT2D eigenvalue weighted by atomic mass is 16.2. The smallest absolute Gasteiger partial charge is 0.271 e. The highest BCUT2D eigenvalue weighted by Gasteiger charge is 2.33. The number of likely N-dealkylation sites (N-methyl/N-ethyl adjacent to an activating group) is 1. The lowest BCUT2D eigenvalue weighted by molar-refractivity contribution is 0.0394. The minimum absolute atomic E-state index is 0.0257. The van der Waals surface area contributed by atoms with Gasteiger partial charge in [-0.3, -0.25) is 9.89 Å². The number of nitrogens with one attached hydrogen (secondary N) is 1. The summed E-state index contributed by atoms with van der Waals surface area (Å²) in [5.74, 6) is 0.0257. The number of benzene rings is 1. The summed E-state index contributed by atoms with van der Waals surface area (Å²) in [5, 5.41) is 7.06. The second-order valence-corrected chi connectivity index (χ2v) is 5.36. The Morgan fingerprint density at radius 3 is 2.65 bits per heavy atom. The maximum Gasteiger partial charge on any atom is 0.271 e. The van der Waals surface area contributed by atoms with Crippen LogP contribution in [-0.4, -0.2) is 59.1 Å². The molecule has 5 nitrogen and oxygen atoms in total. The van der Waals surface area contributed by atoms with E-state index in [-0.39, 0.29) is 5.91 Å². The minimum atomic E-state index is 0.0257. The van der Waals surface area contributed by atoms with Crippen LogP contribution in [0.25, 0.3) is 11.3 Å². The van der Waals surface area contributed by atoms with Crippen molar-refractivity contribution in [3.8, 4) is 11.3 Å². The molecule has 1 aliphatic heterocycles. The van der Waals surface area contributed by atoms with Gasteiger partial charge < -0.3 is 9.80 Å². The Morgan fingerprint density at radius 1 is 1.30 bits per heavy atom. The summed E-state index contributed by atoms with van der Waals surface area (Å²) < 4.78 is 0. The van der Waals surface area contributed by atoms with Crippen molar-refractivity contribution in [1.82, 2.24) is 20.0 Å². The molecule has 0 bridgehead atoms. The van der Waals surface area contributed by atoms with E-state index in [0.29, 0.717) is 11.7 Å². The third-order valence-corrected chi connectivity index (χ3v) is 3.76. The summed E-state index contributed by atoms with van der Waals surface area (Å²) in [7, 11) is 4.08. The van der Waals surface area contributed by atoms with Crippen molar-refractivity contribution < 1.29 is 4.79 Å². The molecule has 0 unspecified atom stereocenters. The van der Waals surface area contributed by atoms with Gasteiger partial charge in [0.25, 0.3) is 5.91 Å². The molecular weight excluding hydrogens is 252 g/mol. The Labute approximate surface area is 118 Å². The van der Waals surface area contributed by atoms with Gasteiger partial charge in [-0.05, 0) is 20.2 Å². The van der Waals surface area contributed by atoms with Crippen molar-refractivity contribution in [2.45, 2.75) is 6.04 Å². The molecule has 0 aliphatic carbocycles. The molecule has 0 saturated carbocycles. The van der Waals surface area contributed by atoms with E-state index in [4.69, 9.17) is 0 Å². The number of carbonyl (C=O) groups excluding carboxylic acids is 1. The van der Waals surface area contributed by atoms with E-state index in [1.54, 1.807) is 0 Å². The quantitative estimate of drug-likeness (QED) is 0.918.